The maximum absolute atomic E-state index is 9.93. The molecular weight excluding hydrogens is 1320 g/mol. The van der Waals surface area contributed by atoms with Gasteiger partial charge in [0.15, 0.2) is 0 Å². The van der Waals surface area contributed by atoms with Gasteiger partial charge in [-0.1, -0.05) is 292 Å². The van der Waals surface area contributed by atoms with E-state index in [0.29, 0.717) is 51.7 Å². The number of nitrogens with zero attached hydrogens (tertiary/aromatic N) is 2. The van der Waals surface area contributed by atoms with Gasteiger partial charge in [0.25, 0.3) is 0 Å². The standard InChI is InChI=1S/C105H82N2O2/c1-3-73-45-57-85(58-46-73)108-67-27-25-65-103(77-31-11-6-12-32-77)95-41-21-17-37-87(95)91-61-53-81(69-99(91)103)106(79-35-15-8-16-36-79)83-55-63-93-89-39-19-23-43-97(89)105(101(93)71-83)98-44-24-20-40-90(98)94-64-56-84(72-102(94)105)107(80-51-49-76(50-52-80)75-29-9-5-10-30-75)82-54-62-92-88-38-18-22-42-96(88)104(100(92)70-82,78-33-13-7-14-34-78)66-26-28-68-109-86-59-47-74(4-2)48-60-86/h3-24,29-64,69-72H,1-2,25-28,65-68H2/i6D,7D,11D,12D,13D,14D,31D,32D,33D,34D. The fourth-order valence-electron chi connectivity index (χ4n) is 18.3. The zero-order valence-corrected chi connectivity index (χ0v) is 60.3. The summed E-state index contributed by atoms with van der Waals surface area (Å²) in [6.45, 7) is 8.63. The normalized spacial score (nSPS) is 17.5. The van der Waals surface area contributed by atoms with Gasteiger partial charge in [0, 0.05) is 45.0 Å². The molecule has 0 bridgehead atoms. The molecule has 15 aromatic rings. The lowest BCUT2D eigenvalue weighted by Crippen LogP contribution is -2.28. The molecule has 4 heteroatoms. The van der Waals surface area contributed by atoms with Crippen molar-refractivity contribution in [3.63, 3.8) is 0 Å². The summed E-state index contributed by atoms with van der Waals surface area (Å²) in [4.78, 5) is 4.61. The molecule has 15 aromatic carbocycles. The summed E-state index contributed by atoms with van der Waals surface area (Å²) in [5.41, 5.74) is 22.2. The maximum Gasteiger partial charge on any atom is 0.119 e. The average molecular weight is 1410 g/mol. The Hall–Kier alpha value is -13.0. The number of hydrogen-bond donors (Lipinski definition) is 0. The number of benzene rings is 15. The van der Waals surface area contributed by atoms with E-state index < -0.39 is 28.3 Å². The number of fused-ring (bicyclic) bond motifs is 16. The summed E-state index contributed by atoms with van der Waals surface area (Å²) in [5, 5.41) is 0. The SMILES string of the molecule is [2H]c1c([2H])c([2H])c(C2(CCCCOc3ccc(C=C)cc3)c3ccccc3-c3ccc(N(c4ccccc4)c4ccc5c(c4)C4(c6ccccc6-5)c5ccccc5-c5ccc(N(c6ccc(-c7ccccc7)cc6)c6ccc7c(c6)C(CCCCOc6ccc(C=C)cc6)(c6c([2H])c([2H])c([2H])c([2H])c6[2H])c6ccccc6-7)cc54)cc32)c([2H])c1[2H]. The van der Waals surface area contributed by atoms with Crippen LogP contribution in [0.4, 0.5) is 34.1 Å². The third kappa shape index (κ3) is 11.2. The molecule has 4 aliphatic rings. The van der Waals surface area contributed by atoms with Crippen molar-refractivity contribution in [2.45, 2.75) is 54.8 Å². The summed E-state index contributed by atoms with van der Waals surface area (Å²) in [6.07, 6.45) is 6.80. The smallest absolute Gasteiger partial charge is 0.119 e. The predicted octanol–water partition coefficient (Wildman–Crippen LogP) is 27.1. The fourth-order valence-corrected chi connectivity index (χ4v) is 18.3. The molecule has 0 radical (unpaired) electrons. The largest absolute Gasteiger partial charge is 0.494 e. The third-order valence-electron chi connectivity index (χ3n) is 23.1. The van der Waals surface area contributed by atoms with Crippen LogP contribution in [0.15, 0.2) is 377 Å². The Labute approximate surface area is 654 Å². The van der Waals surface area contributed by atoms with E-state index >= 15 is 0 Å². The second kappa shape index (κ2) is 28.0. The molecule has 524 valence electrons. The highest BCUT2D eigenvalue weighted by molar-refractivity contribution is 5.99. The first-order valence-corrected chi connectivity index (χ1v) is 37.7. The molecule has 3 atom stereocenters. The zero-order chi connectivity index (χ0) is 81.6. The first-order chi connectivity index (χ1) is 58.1. The highest BCUT2D eigenvalue weighted by atomic mass is 16.5. The Morgan fingerprint density at radius 3 is 1.02 bits per heavy atom. The molecule has 19 rings (SSSR count). The van der Waals surface area contributed by atoms with Crippen molar-refractivity contribution < 1.29 is 23.2 Å². The van der Waals surface area contributed by atoms with Crippen LogP contribution in [0.5, 0.6) is 11.5 Å². The molecule has 0 N–H and O–H groups in total. The Morgan fingerprint density at radius 2 is 0.606 bits per heavy atom. The van der Waals surface area contributed by atoms with Gasteiger partial charge in [-0.2, -0.15) is 0 Å². The van der Waals surface area contributed by atoms with Crippen LogP contribution >= 0.6 is 0 Å². The van der Waals surface area contributed by atoms with Gasteiger partial charge >= 0.3 is 0 Å². The fraction of sp³-hybridized carbons (Fsp3) is 0.105. The van der Waals surface area contributed by atoms with Crippen molar-refractivity contribution in [2.24, 2.45) is 0 Å². The molecule has 0 saturated carbocycles. The van der Waals surface area contributed by atoms with Crippen molar-refractivity contribution in [2.75, 3.05) is 23.0 Å². The van der Waals surface area contributed by atoms with Gasteiger partial charge in [-0.3, -0.25) is 0 Å². The van der Waals surface area contributed by atoms with E-state index in [2.05, 4.69) is 229 Å². The molecule has 0 aromatic heterocycles. The second-order valence-corrected chi connectivity index (χ2v) is 28.7. The second-order valence-electron chi connectivity index (χ2n) is 28.7. The Kier molecular flexibility index (Phi) is 14.5. The quantitative estimate of drug-likeness (QED) is 0.0596. The van der Waals surface area contributed by atoms with Crippen LogP contribution in [-0.4, -0.2) is 13.2 Å². The molecule has 0 saturated heterocycles. The van der Waals surface area contributed by atoms with Crippen LogP contribution in [0.1, 0.15) is 119 Å². The third-order valence-corrected chi connectivity index (χ3v) is 23.1. The summed E-state index contributed by atoms with van der Waals surface area (Å²) in [6, 6.07) is 102. The van der Waals surface area contributed by atoms with E-state index in [9.17, 15) is 11.0 Å². The summed E-state index contributed by atoms with van der Waals surface area (Å²) in [5.74, 6) is 1.46. The van der Waals surface area contributed by atoms with Crippen LogP contribution in [0.25, 0.3) is 67.8 Å². The molecule has 0 amide bonds. The van der Waals surface area contributed by atoms with Gasteiger partial charge in [-0.15, -0.1) is 0 Å². The molecule has 0 aliphatic heterocycles. The first kappa shape index (κ1) is 56.3. The maximum atomic E-state index is 9.93. The number of rotatable bonds is 23. The van der Waals surface area contributed by atoms with Crippen molar-refractivity contribution in [3.8, 4) is 67.1 Å². The summed E-state index contributed by atoms with van der Waals surface area (Å²) in [7, 11) is 0. The van der Waals surface area contributed by atoms with Gasteiger partial charge in [0.1, 0.15) is 11.5 Å². The molecular formula is C105H82N2O2. The summed E-state index contributed by atoms with van der Waals surface area (Å²) < 4.78 is 107. The molecule has 3 unspecified atom stereocenters. The van der Waals surface area contributed by atoms with E-state index in [0.717, 1.165) is 157 Å². The van der Waals surface area contributed by atoms with Gasteiger partial charge in [-0.05, 0) is 258 Å². The topological polar surface area (TPSA) is 24.9 Å². The predicted molar refractivity (Wildman–Crippen MR) is 453 cm³/mol. The minimum absolute atomic E-state index is 0.232. The van der Waals surface area contributed by atoms with Crippen molar-refractivity contribution >= 4 is 46.3 Å². The van der Waals surface area contributed by atoms with Crippen molar-refractivity contribution in [3.05, 3.63) is 444 Å². The number of anilines is 6. The summed E-state index contributed by atoms with van der Waals surface area (Å²) >= 11 is 0. The molecule has 0 heterocycles. The first-order valence-electron chi connectivity index (χ1n) is 42.7. The Balaban J connectivity index is 0.785. The number of hydrogen-bond acceptors (Lipinski definition) is 4. The van der Waals surface area contributed by atoms with E-state index in [1.807, 2.05) is 97.1 Å². The zero-order valence-electron chi connectivity index (χ0n) is 70.3. The van der Waals surface area contributed by atoms with Gasteiger partial charge in [0.2, 0.25) is 0 Å². The lowest BCUT2D eigenvalue weighted by molar-refractivity contribution is 0.301. The number of ether oxygens (including phenoxy) is 2. The number of para-hydroxylation sites is 1. The van der Waals surface area contributed by atoms with Crippen molar-refractivity contribution in [1.82, 2.24) is 0 Å². The lowest BCUT2D eigenvalue weighted by Gasteiger charge is -2.35. The van der Waals surface area contributed by atoms with Gasteiger partial charge in [0.05, 0.1) is 32.3 Å². The minimum atomic E-state index is -1.23. The lowest BCUT2D eigenvalue weighted by atomic mass is 9.69. The van der Waals surface area contributed by atoms with Crippen LogP contribution in [0, 0.1) is 0 Å². The van der Waals surface area contributed by atoms with Crippen LogP contribution in [-0.2, 0) is 16.2 Å². The molecule has 1 spiro atoms. The highest BCUT2D eigenvalue weighted by Crippen LogP contribution is 2.65. The van der Waals surface area contributed by atoms with E-state index in [1.54, 1.807) is 12.2 Å². The number of unbranched alkanes of at least 4 members (excludes halogenated alkanes) is 2. The van der Waals surface area contributed by atoms with E-state index in [4.69, 9.17) is 12.2 Å². The van der Waals surface area contributed by atoms with Crippen molar-refractivity contribution in [1.29, 1.82) is 0 Å². The van der Waals surface area contributed by atoms with Crippen LogP contribution in [0.3, 0.4) is 0 Å². The molecule has 4 aliphatic carbocycles. The Bertz CT molecular complexity index is 6500. The minimum Gasteiger partial charge on any atom is -0.494 e. The molecule has 4 nitrogen and oxygen atoms in total. The van der Waals surface area contributed by atoms with E-state index in [-0.39, 0.29) is 59.5 Å². The van der Waals surface area contributed by atoms with Gasteiger partial charge in [-0.25, -0.2) is 0 Å². The molecule has 0 fully saturated rings. The Morgan fingerprint density at radius 1 is 0.284 bits per heavy atom. The van der Waals surface area contributed by atoms with Crippen LogP contribution < -0.4 is 19.3 Å². The van der Waals surface area contributed by atoms with Crippen LogP contribution in [0.2, 0.25) is 0 Å². The highest BCUT2D eigenvalue weighted by Gasteiger charge is 2.53. The van der Waals surface area contributed by atoms with Gasteiger partial charge < -0.3 is 19.3 Å². The monoisotopic (exact) mass is 1410 g/mol. The van der Waals surface area contributed by atoms with E-state index in [1.165, 1.54) is 0 Å². The molecule has 109 heavy (non-hydrogen) atoms. The average Bonchev–Trinajstić information content (AvgIpc) is 1.51.